The molecule has 78 valence electrons. The van der Waals surface area contributed by atoms with Crippen LogP contribution in [0.25, 0.3) is 0 Å². The Kier molecular flexibility index (Phi) is 3.33. The first-order valence-electron chi connectivity index (χ1n) is 4.52. The first-order valence-corrected chi connectivity index (χ1v) is 6.13. The van der Waals surface area contributed by atoms with Crippen LogP contribution in [0, 0.1) is 6.92 Å². The van der Waals surface area contributed by atoms with E-state index < -0.39 is 0 Å². The average Bonchev–Trinajstić information content (AvgIpc) is 2.62. The lowest BCUT2D eigenvalue weighted by Gasteiger charge is -2.02. The summed E-state index contributed by atoms with van der Waals surface area (Å²) in [5.41, 5.74) is 2.52. The molecule has 1 N–H and O–H groups in total. The fraction of sp³-hybridized carbons (Fsp3) is 0.200. The molecule has 0 unspecified atom stereocenters. The van der Waals surface area contributed by atoms with Gasteiger partial charge in [-0.2, -0.15) is 0 Å². The van der Waals surface area contributed by atoms with Crippen LogP contribution in [0.15, 0.2) is 28.2 Å². The van der Waals surface area contributed by atoms with Crippen molar-refractivity contribution in [2.24, 2.45) is 0 Å². The molecule has 0 aliphatic heterocycles. The van der Waals surface area contributed by atoms with E-state index in [2.05, 4.69) is 62.6 Å². The third kappa shape index (κ3) is 3.00. The second-order valence-electron chi connectivity index (χ2n) is 3.20. The summed E-state index contributed by atoms with van der Waals surface area (Å²) >= 11 is 4.77. The Balaban J connectivity index is 1.99. The van der Waals surface area contributed by atoms with Crippen LogP contribution < -0.4 is 5.32 Å². The van der Waals surface area contributed by atoms with Gasteiger partial charge in [0, 0.05) is 6.54 Å². The summed E-state index contributed by atoms with van der Waals surface area (Å²) in [6, 6.07) is 8.40. The van der Waals surface area contributed by atoms with Crippen molar-refractivity contribution in [3.63, 3.8) is 0 Å². The number of anilines is 1. The van der Waals surface area contributed by atoms with Gasteiger partial charge in [-0.15, -0.1) is 10.2 Å². The van der Waals surface area contributed by atoms with Gasteiger partial charge in [-0.05, 0) is 28.4 Å². The van der Waals surface area contributed by atoms with E-state index in [0.29, 0.717) is 0 Å². The molecule has 3 nitrogen and oxygen atoms in total. The van der Waals surface area contributed by atoms with Gasteiger partial charge in [0.05, 0.1) is 0 Å². The van der Waals surface area contributed by atoms with Crippen LogP contribution >= 0.6 is 27.3 Å². The highest BCUT2D eigenvalue weighted by molar-refractivity contribution is 9.11. The summed E-state index contributed by atoms with van der Waals surface area (Å²) in [6.07, 6.45) is 0. The fourth-order valence-electron chi connectivity index (χ4n) is 1.28. The van der Waals surface area contributed by atoms with Crippen LogP contribution in [0.5, 0.6) is 0 Å². The molecule has 0 aliphatic carbocycles. The zero-order valence-electron chi connectivity index (χ0n) is 8.20. The highest BCUT2D eigenvalue weighted by Crippen LogP contribution is 2.20. The van der Waals surface area contributed by atoms with Gasteiger partial charge in [0.1, 0.15) is 0 Å². The van der Waals surface area contributed by atoms with E-state index in [1.165, 1.54) is 22.5 Å². The Labute approximate surface area is 101 Å². The molecule has 15 heavy (non-hydrogen) atoms. The fourth-order valence-corrected chi connectivity index (χ4v) is 2.28. The molecule has 1 heterocycles. The SMILES string of the molecule is Cc1cccc(CNc2nnc(Br)s2)c1. The van der Waals surface area contributed by atoms with Gasteiger partial charge in [-0.1, -0.05) is 41.2 Å². The molecule has 0 radical (unpaired) electrons. The van der Waals surface area contributed by atoms with E-state index in [0.717, 1.165) is 15.6 Å². The molecule has 0 fully saturated rings. The Morgan fingerprint density at radius 3 is 2.93 bits per heavy atom. The van der Waals surface area contributed by atoms with Crippen molar-refractivity contribution >= 4 is 32.4 Å². The Morgan fingerprint density at radius 1 is 1.40 bits per heavy atom. The van der Waals surface area contributed by atoms with E-state index in [-0.39, 0.29) is 0 Å². The van der Waals surface area contributed by atoms with E-state index >= 15 is 0 Å². The third-order valence-electron chi connectivity index (χ3n) is 1.93. The summed E-state index contributed by atoms with van der Waals surface area (Å²) in [5.74, 6) is 0. The van der Waals surface area contributed by atoms with Gasteiger partial charge >= 0.3 is 0 Å². The van der Waals surface area contributed by atoms with Crippen molar-refractivity contribution in [1.82, 2.24) is 10.2 Å². The maximum atomic E-state index is 3.96. The molecule has 1 aromatic carbocycles. The van der Waals surface area contributed by atoms with Crippen molar-refractivity contribution in [3.8, 4) is 0 Å². The molecule has 0 atom stereocenters. The van der Waals surface area contributed by atoms with Gasteiger partial charge in [0.25, 0.3) is 0 Å². The van der Waals surface area contributed by atoms with E-state index in [1.54, 1.807) is 0 Å². The smallest absolute Gasteiger partial charge is 0.206 e. The number of hydrogen-bond acceptors (Lipinski definition) is 4. The second kappa shape index (κ2) is 4.72. The Bertz CT molecular complexity index is 455. The normalized spacial score (nSPS) is 10.3. The van der Waals surface area contributed by atoms with Gasteiger partial charge in [-0.3, -0.25) is 0 Å². The molecular weight excluding hydrogens is 274 g/mol. The molecule has 1 aromatic heterocycles. The van der Waals surface area contributed by atoms with Crippen molar-refractivity contribution in [3.05, 3.63) is 39.3 Å². The number of aryl methyl sites for hydroxylation is 1. The zero-order chi connectivity index (χ0) is 10.7. The summed E-state index contributed by atoms with van der Waals surface area (Å²) in [5, 5.41) is 11.9. The van der Waals surface area contributed by atoms with Crippen molar-refractivity contribution in [2.45, 2.75) is 13.5 Å². The predicted molar refractivity (Wildman–Crippen MR) is 66.1 cm³/mol. The first kappa shape index (κ1) is 10.6. The Morgan fingerprint density at radius 2 is 2.27 bits per heavy atom. The molecule has 2 aromatic rings. The maximum absolute atomic E-state index is 3.96. The highest BCUT2D eigenvalue weighted by Gasteiger charge is 2.00. The minimum atomic E-state index is 0.781. The second-order valence-corrected chi connectivity index (χ2v) is 5.46. The van der Waals surface area contributed by atoms with Crippen molar-refractivity contribution in [1.29, 1.82) is 0 Å². The van der Waals surface area contributed by atoms with Crippen molar-refractivity contribution in [2.75, 3.05) is 5.32 Å². The van der Waals surface area contributed by atoms with Gasteiger partial charge in [-0.25, -0.2) is 0 Å². The molecule has 0 amide bonds. The van der Waals surface area contributed by atoms with E-state index in [1.807, 2.05) is 0 Å². The number of benzene rings is 1. The molecule has 0 spiro atoms. The average molecular weight is 284 g/mol. The molecule has 5 heteroatoms. The Hall–Kier alpha value is -0.940. The van der Waals surface area contributed by atoms with Gasteiger partial charge in [0.15, 0.2) is 3.92 Å². The zero-order valence-corrected chi connectivity index (χ0v) is 10.6. The standard InChI is InChI=1S/C10H10BrN3S/c1-7-3-2-4-8(5-7)6-12-10-14-13-9(11)15-10/h2-5H,6H2,1H3,(H,12,14). The molecule has 0 bridgehead atoms. The molecular formula is C10H10BrN3S. The van der Waals surface area contributed by atoms with E-state index in [4.69, 9.17) is 0 Å². The minimum Gasteiger partial charge on any atom is -0.356 e. The number of hydrogen-bond donors (Lipinski definition) is 1. The molecule has 2 rings (SSSR count). The van der Waals surface area contributed by atoms with Crippen LogP contribution in [0.4, 0.5) is 5.13 Å². The topological polar surface area (TPSA) is 37.8 Å². The minimum absolute atomic E-state index is 0.781. The molecule has 0 saturated heterocycles. The quantitative estimate of drug-likeness (QED) is 0.940. The van der Waals surface area contributed by atoms with Crippen LogP contribution in [0.1, 0.15) is 11.1 Å². The summed E-state index contributed by atoms with van der Waals surface area (Å²) in [4.78, 5) is 0. The third-order valence-corrected chi connectivity index (χ3v) is 3.24. The van der Waals surface area contributed by atoms with Crippen LogP contribution in [0.3, 0.4) is 0 Å². The maximum Gasteiger partial charge on any atom is 0.206 e. The number of rotatable bonds is 3. The van der Waals surface area contributed by atoms with E-state index in [9.17, 15) is 0 Å². The number of aromatic nitrogens is 2. The van der Waals surface area contributed by atoms with Crippen LogP contribution in [0.2, 0.25) is 0 Å². The van der Waals surface area contributed by atoms with Crippen LogP contribution in [-0.2, 0) is 6.54 Å². The highest BCUT2D eigenvalue weighted by atomic mass is 79.9. The predicted octanol–water partition coefficient (Wildman–Crippen LogP) is 3.22. The monoisotopic (exact) mass is 283 g/mol. The number of halogens is 1. The van der Waals surface area contributed by atoms with Crippen molar-refractivity contribution < 1.29 is 0 Å². The number of nitrogens with zero attached hydrogens (tertiary/aromatic N) is 2. The lowest BCUT2D eigenvalue weighted by atomic mass is 10.1. The lowest BCUT2D eigenvalue weighted by molar-refractivity contribution is 1.04. The van der Waals surface area contributed by atoms with Gasteiger partial charge in [0.2, 0.25) is 5.13 Å². The summed E-state index contributed by atoms with van der Waals surface area (Å²) < 4.78 is 0.800. The lowest BCUT2D eigenvalue weighted by Crippen LogP contribution is -1.98. The van der Waals surface area contributed by atoms with Gasteiger partial charge < -0.3 is 5.32 Å². The number of nitrogens with one attached hydrogen (secondary N) is 1. The molecule has 0 aliphatic rings. The molecule has 0 saturated carbocycles. The largest absolute Gasteiger partial charge is 0.356 e. The first-order chi connectivity index (χ1) is 7.24. The summed E-state index contributed by atoms with van der Waals surface area (Å²) in [7, 11) is 0. The van der Waals surface area contributed by atoms with Crippen LogP contribution in [-0.4, -0.2) is 10.2 Å². The summed E-state index contributed by atoms with van der Waals surface area (Å²) in [6.45, 7) is 2.87.